The van der Waals surface area contributed by atoms with Gasteiger partial charge in [0.25, 0.3) is 5.91 Å². The van der Waals surface area contributed by atoms with E-state index in [9.17, 15) is 14.0 Å². The molecule has 1 saturated carbocycles. The van der Waals surface area contributed by atoms with Crippen molar-refractivity contribution in [1.82, 2.24) is 10.3 Å². The molecule has 1 aromatic heterocycles. The van der Waals surface area contributed by atoms with Crippen LogP contribution in [-0.2, 0) is 4.79 Å². The molecule has 5 rings (SSSR count). The van der Waals surface area contributed by atoms with Crippen LogP contribution in [0.2, 0.25) is 0 Å². The summed E-state index contributed by atoms with van der Waals surface area (Å²) in [5, 5.41) is 3.19. The lowest BCUT2D eigenvalue weighted by molar-refractivity contribution is -0.123. The monoisotopic (exact) mass is 509 g/mol. The van der Waals surface area contributed by atoms with Gasteiger partial charge >= 0.3 is 0 Å². The van der Waals surface area contributed by atoms with Crippen molar-refractivity contribution in [3.05, 3.63) is 114 Å². The normalized spacial score (nSPS) is 14.6. The first-order chi connectivity index (χ1) is 18.5. The van der Waals surface area contributed by atoms with Crippen molar-refractivity contribution in [2.24, 2.45) is 0 Å². The number of amides is 2. The molecule has 2 amide bonds. The highest BCUT2D eigenvalue weighted by Gasteiger charge is 2.35. The molecule has 0 unspecified atom stereocenters. The lowest BCUT2D eigenvalue weighted by atomic mass is 9.94. The van der Waals surface area contributed by atoms with Crippen LogP contribution in [-0.4, -0.2) is 22.8 Å². The smallest absolute Gasteiger partial charge is 0.275 e. The number of hydrogen-bond acceptors (Lipinski definition) is 2. The molecule has 0 radical (unpaired) electrons. The highest BCUT2D eigenvalue weighted by atomic mass is 19.1. The molecule has 2 N–H and O–H groups in total. The number of halogens is 1. The molecule has 3 aromatic carbocycles. The van der Waals surface area contributed by atoms with Crippen molar-refractivity contribution < 1.29 is 14.0 Å². The average molecular weight is 510 g/mol. The number of carbonyl (C=O) groups is 2. The molecular formula is C32H32FN3O2. The quantitative estimate of drug-likeness (QED) is 0.283. The van der Waals surface area contributed by atoms with E-state index in [1.54, 1.807) is 18.2 Å². The fraction of sp³-hybridized carbons (Fsp3) is 0.250. The van der Waals surface area contributed by atoms with E-state index in [1.165, 1.54) is 17.0 Å². The second kappa shape index (κ2) is 11.5. The van der Waals surface area contributed by atoms with E-state index < -0.39 is 11.9 Å². The number of nitrogens with one attached hydrogen (secondary N) is 2. The minimum Gasteiger partial charge on any atom is -0.351 e. The van der Waals surface area contributed by atoms with Gasteiger partial charge in [-0.05, 0) is 67.3 Å². The first kappa shape index (κ1) is 25.5. The fourth-order valence-corrected chi connectivity index (χ4v) is 5.11. The molecule has 1 fully saturated rings. The van der Waals surface area contributed by atoms with Crippen LogP contribution in [0.5, 0.6) is 0 Å². The van der Waals surface area contributed by atoms with E-state index in [-0.39, 0.29) is 17.9 Å². The predicted molar refractivity (Wildman–Crippen MR) is 148 cm³/mol. The molecule has 1 heterocycles. The summed E-state index contributed by atoms with van der Waals surface area (Å²) in [6, 6.07) is 25.8. The first-order valence-electron chi connectivity index (χ1n) is 13.2. The van der Waals surface area contributed by atoms with Crippen LogP contribution in [0.4, 0.5) is 10.1 Å². The summed E-state index contributed by atoms with van der Waals surface area (Å²) in [5.74, 6) is -1.01. The second-order valence-electron chi connectivity index (χ2n) is 9.96. The minimum atomic E-state index is -0.976. The maximum Gasteiger partial charge on any atom is 0.275 e. The van der Waals surface area contributed by atoms with Gasteiger partial charge in [-0.1, -0.05) is 79.4 Å². The number of aromatic nitrogens is 1. The number of anilines is 1. The summed E-state index contributed by atoms with van der Waals surface area (Å²) in [4.78, 5) is 32.9. The molecule has 1 aliphatic carbocycles. The van der Waals surface area contributed by atoms with Gasteiger partial charge in [0.2, 0.25) is 5.91 Å². The molecule has 0 aliphatic heterocycles. The van der Waals surface area contributed by atoms with E-state index in [4.69, 9.17) is 0 Å². The van der Waals surface area contributed by atoms with Crippen LogP contribution in [0.3, 0.4) is 0 Å². The van der Waals surface area contributed by atoms with E-state index >= 15 is 0 Å². The Kier molecular flexibility index (Phi) is 7.68. The molecule has 0 bridgehead atoms. The number of carbonyl (C=O) groups excluding carboxylic acids is 2. The van der Waals surface area contributed by atoms with Crippen LogP contribution in [0.1, 0.15) is 59.8 Å². The third-order valence-corrected chi connectivity index (χ3v) is 7.18. The highest BCUT2D eigenvalue weighted by Crippen LogP contribution is 2.32. The van der Waals surface area contributed by atoms with Gasteiger partial charge in [-0.2, -0.15) is 0 Å². The molecule has 0 spiro atoms. The number of nitrogens with zero attached hydrogens (tertiary/aromatic N) is 1. The lowest BCUT2D eigenvalue weighted by Gasteiger charge is -2.33. The van der Waals surface area contributed by atoms with Crippen LogP contribution in [0.15, 0.2) is 91.0 Å². The number of aryl methyl sites for hydroxylation is 1. The molecule has 6 heteroatoms. The zero-order valence-corrected chi connectivity index (χ0v) is 21.5. The summed E-state index contributed by atoms with van der Waals surface area (Å²) in [6.07, 6.45) is 5.13. The van der Waals surface area contributed by atoms with Crippen molar-refractivity contribution >= 4 is 17.5 Å². The Bertz CT molecular complexity index is 1370. The molecule has 0 saturated heterocycles. The number of aromatic amines is 1. The fourth-order valence-electron chi connectivity index (χ4n) is 5.11. The highest BCUT2D eigenvalue weighted by molar-refractivity contribution is 6.09. The summed E-state index contributed by atoms with van der Waals surface area (Å²) >= 11 is 0. The molecule has 4 aromatic rings. The number of rotatable bonds is 7. The van der Waals surface area contributed by atoms with Crippen molar-refractivity contribution in [2.45, 2.75) is 51.1 Å². The van der Waals surface area contributed by atoms with Gasteiger partial charge in [-0.3, -0.25) is 14.5 Å². The molecule has 5 nitrogen and oxygen atoms in total. The summed E-state index contributed by atoms with van der Waals surface area (Å²) in [5.41, 5.74) is 4.30. The van der Waals surface area contributed by atoms with Gasteiger partial charge in [0.05, 0.1) is 0 Å². The largest absolute Gasteiger partial charge is 0.351 e. The molecule has 1 aliphatic rings. The Morgan fingerprint density at radius 2 is 1.55 bits per heavy atom. The van der Waals surface area contributed by atoms with Gasteiger partial charge in [-0.25, -0.2) is 4.39 Å². The Morgan fingerprint density at radius 1 is 0.868 bits per heavy atom. The Labute approximate surface area is 222 Å². The van der Waals surface area contributed by atoms with E-state index in [0.717, 1.165) is 48.9 Å². The third kappa shape index (κ3) is 5.70. The predicted octanol–water partition coefficient (Wildman–Crippen LogP) is 6.97. The summed E-state index contributed by atoms with van der Waals surface area (Å²) in [6.45, 7) is 1.97. The maximum atomic E-state index is 14.2. The average Bonchev–Trinajstić information content (AvgIpc) is 3.44. The summed E-state index contributed by atoms with van der Waals surface area (Å²) in [7, 11) is 0. The van der Waals surface area contributed by atoms with E-state index in [2.05, 4.69) is 10.3 Å². The standard InChI is InChI=1S/C32H32FN3O2/c1-22-12-18-27(19-13-22)36(32(38)29-21-20-28(35-29)23-8-4-2-5-9-23)30(24-14-16-25(33)17-15-24)31(37)34-26-10-6-3-7-11-26/h2,4-5,8-9,12-21,26,30,35H,3,6-7,10-11H2,1H3,(H,34,37)/t30-/m0/s1. The first-order valence-corrected chi connectivity index (χ1v) is 13.2. The van der Waals surface area contributed by atoms with Crippen LogP contribution >= 0.6 is 0 Å². The van der Waals surface area contributed by atoms with Crippen molar-refractivity contribution in [3.8, 4) is 11.3 Å². The SMILES string of the molecule is Cc1ccc(N(C(=O)c2ccc(-c3ccccc3)[nH]2)[C@H](C(=O)NC2CCCCC2)c2ccc(F)cc2)cc1. The summed E-state index contributed by atoms with van der Waals surface area (Å²) < 4.78 is 13.9. The van der Waals surface area contributed by atoms with Gasteiger partial charge in [0.1, 0.15) is 17.6 Å². The third-order valence-electron chi connectivity index (χ3n) is 7.18. The van der Waals surface area contributed by atoms with Crippen LogP contribution in [0.25, 0.3) is 11.3 Å². The van der Waals surface area contributed by atoms with Crippen molar-refractivity contribution in [2.75, 3.05) is 4.90 Å². The van der Waals surface area contributed by atoms with Gasteiger partial charge < -0.3 is 10.3 Å². The zero-order valence-electron chi connectivity index (χ0n) is 21.5. The van der Waals surface area contributed by atoms with Gasteiger partial charge in [-0.15, -0.1) is 0 Å². The van der Waals surface area contributed by atoms with Crippen LogP contribution < -0.4 is 10.2 Å². The zero-order chi connectivity index (χ0) is 26.5. The Morgan fingerprint density at radius 3 is 2.24 bits per heavy atom. The van der Waals surface area contributed by atoms with Gasteiger partial charge in [0.15, 0.2) is 0 Å². The molecule has 194 valence electrons. The van der Waals surface area contributed by atoms with Crippen molar-refractivity contribution in [1.29, 1.82) is 0 Å². The maximum absolute atomic E-state index is 14.2. The molecule has 1 atom stereocenters. The number of benzene rings is 3. The van der Waals surface area contributed by atoms with Gasteiger partial charge in [0, 0.05) is 17.4 Å². The topological polar surface area (TPSA) is 65.2 Å². The second-order valence-corrected chi connectivity index (χ2v) is 9.96. The lowest BCUT2D eigenvalue weighted by Crippen LogP contribution is -2.47. The van der Waals surface area contributed by atoms with Crippen molar-refractivity contribution in [3.63, 3.8) is 0 Å². The number of H-pyrrole nitrogens is 1. The Hall–Kier alpha value is -4.19. The van der Waals surface area contributed by atoms with E-state index in [0.29, 0.717) is 16.9 Å². The Balaban J connectivity index is 1.57. The number of hydrogen-bond donors (Lipinski definition) is 2. The van der Waals surface area contributed by atoms with E-state index in [1.807, 2.05) is 67.6 Å². The van der Waals surface area contributed by atoms with Crippen LogP contribution in [0, 0.1) is 12.7 Å². The molecular weight excluding hydrogens is 477 g/mol. The molecule has 38 heavy (non-hydrogen) atoms. The minimum absolute atomic E-state index is 0.0596.